The van der Waals surface area contributed by atoms with Crippen molar-refractivity contribution in [3.8, 4) is 5.75 Å². The SMILES string of the molecule is O=Cc1ccc(OCCn2cncn2)cc1. The lowest BCUT2D eigenvalue weighted by Crippen LogP contribution is -2.08. The standard InChI is InChI=1S/C11H11N3O2/c15-7-10-1-3-11(4-2-10)16-6-5-14-9-12-8-13-14/h1-4,7-9H,5-6H2. The number of rotatable bonds is 5. The molecule has 5 nitrogen and oxygen atoms in total. The molecule has 0 aliphatic heterocycles. The van der Waals surface area contributed by atoms with E-state index >= 15 is 0 Å². The lowest BCUT2D eigenvalue weighted by Gasteiger charge is -2.05. The number of carbonyl (C=O) groups excluding carboxylic acids is 1. The summed E-state index contributed by atoms with van der Waals surface area (Å²) in [4.78, 5) is 14.3. The highest BCUT2D eigenvalue weighted by molar-refractivity contribution is 5.74. The zero-order chi connectivity index (χ0) is 11.2. The van der Waals surface area contributed by atoms with E-state index < -0.39 is 0 Å². The molecule has 0 atom stereocenters. The maximum absolute atomic E-state index is 10.4. The molecule has 0 aliphatic rings. The quantitative estimate of drug-likeness (QED) is 0.705. The molecule has 2 aromatic rings. The van der Waals surface area contributed by atoms with Gasteiger partial charge in [-0.15, -0.1) is 0 Å². The first-order chi connectivity index (χ1) is 7.88. The van der Waals surface area contributed by atoms with Gasteiger partial charge in [-0.05, 0) is 24.3 Å². The van der Waals surface area contributed by atoms with Crippen molar-refractivity contribution in [2.75, 3.05) is 6.61 Å². The highest BCUT2D eigenvalue weighted by atomic mass is 16.5. The molecule has 1 aromatic carbocycles. The molecule has 1 heterocycles. The molecule has 16 heavy (non-hydrogen) atoms. The summed E-state index contributed by atoms with van der Waals surface area (Å²) in [6.45, 7) is 1.17. The van der Waals surface area contributed by atoms with Crippen molar-refractivity contribution >= 4 is 6.29 Å². The van der Waals surface area contributed by atoms with Crippen molar-refractivity contribution < 1.29 is 9.53 Å². The Morgan fingerprint density at radius 2 is 2.12 bits per heavy atom. The average Bonchev–Trinajstić information content (AvgIpc) is 2.83. The molecule has 0 saturated heterocycles. The minimum Gasteiger partial charge on any atom is -0.492 e. The fourth-order valence-corrected chi connectivity index (χ4v) is 1.25. The number of hydrogen-bond acceptors (Lipinski definition) is 4. The Kier molecular flexibility index (Phi) is 3.28. The third kappa shape index (κ3) is 2.66. The molecule has 0 bridgehead atoms. The molecule has 2 rings (SSSR count). The molecular formula is C11H11N3O2. The van der Waals surface area contributed by atoms with Crippen LogP contribution < -0.4 is 4.74 Å². The molecule has 0 N–H and O–H groups in total. The van der Waals surface area contributed by atoms with Crippen LogP contribution in [0.1, 0.15) is 10.4 Å². The lowest BCUT2D eigenvalue weighted by atomic mass is 10.2. The summed E-state index contributed by atoms with van der Waals surface area (Å²) in [5, 5.41) is 3.95. The number of benzene rings is 1. The highest BCUT2D eigenvalue weighted by Crippen LogP contribution is 2.10. The first-order valence-electron chi connectivity index (χ1n) is 4.89. The second kappa shape index (κ2) is 5.06. The van der Waals surface area contributed by atoms with Gasteiger partial charge in [-0.2, -0.15) is 5.10 Å². The molecule has 82 valence electrons. The van der Waals surface area contributed by atoms with Crippen LogP contribution in [-0.2, 0) is 6.54 Å². The number of carbonyl (C=O) groups is 1. The molecule has 1 aromatic heterocycles. The summed E-state index contributed by atoms with van der Waals surface area (Å²) >= 11 is 0. The molecule has 0 fully saturated rings. The van der Waals surface area contributed by atoms with E-state index in [1.165, 1.54) is 6.33 Å². The Bertz CT molecular complexity index is 437. The van der Waals surface area contributed by atoms with Crippen molar-refractivity contribution in [1.82, 2.24) is 14.8 Å². The summed E-state index contributed by atoms with van der Waals surface area (Å²) in [6, 6.07) is 6.98. The van der Waals surface area contributed by atoms with Crippen molar-refractivity contribution in [2.24, 2.45) is 0 Å². The molecule has 5 heteroatoms. The second-order valence-corrected chi connectivity index (χ2v) is 3.19. The highest BCUT2D eigenvalue weighted by Gasteiger charge is 1.95. The van der Waals surface area contributed by atoms with Crippen LogP contribution in [0.2, 0.25) is 0 Å². The van der Waals surface area contributed by atoms with Crippen LogP contribution in [-0.4, -0.2) is 27.7 Å². The molecule has 0 aliphatic carbocycles. The van der Waals surface area contributed by atoms with Crippen molar-refractivity contribution in [1.29, 1.82) is 0 Å². The van der Waals surface area contributed by atoms with Gasteiger partial charge in [0.1, 0.15) is 31.3 Å². The van der Waals surface area contributed by atoms with Crippen LogP contribution in [0.4, 0.5) is 0 Å². The zero-order valence-corrected chi connectivity index (χ0v) is 8.61. The van der Waals surface area contributed by atoms with E-state index in [4.69, 9.17) is 4.74 Å². The van der Waals surface area contributed by atoms with Crippen LogP contribution in [0.25, 0.3) is 0 Å². The Morgan fingerprint density at radius 3 is 2.75 bits per heavy atom. The Labute approximate surface area is 92.7 Å². The molecule has 0 amide bonds. The van der Waals surface area contributed by atoms with Crippen molar-refractivity contribution in [3.05, 3.63) is 42.5 Å². The van der Waals surface area contributed by atoms with Gasteiger partial charge in [-0.1, -0.05) is 0 Å². The maximum atomic E-state index is 10.4. The zero-order valence-electron chi connectivity index (χ0n) is 8.61. The fraction of sp³-hybridized carbons (Fsp3) is 0.182. The van der Waals surface area contributed by atoms with Crippen molar-refractivity contribution in [2.45, 2.75) is 6.54 Å². The van der Waals surface area contributed by atoms with E-state index in [0.717, 1.165) is 12.0 Å². The summed E-state index contributed by atoms with van der Waals surface area (Å²) in [6.07, 6.45) is 3.93. The van der Waals surface area contributed by atoms with Crippen LogP contribution in [0.5, 0.6) is 5.75 Å². The van der Waals surface area contributed by atoms with Gasteiger partial charge in [0.2, 0.25) is 0 Å². The average molecular weight is 217 g/mol. The van der Waals surface area contributed by atoms with Gasteiger partial charge < -0.3 is 4.74 Å². The largest absolute Gasteiger partial charge is 0.492 e. The minimum atomic E-state index is 0.518. The van der Waals surface area contributed by atoms with E-state index in [9.17, 15) is 4.79 Å². The van der Waals surface area contributed by atoms with Crippen LogP contribution in [0.15, 0.2) is 36.9 Å². The second-order valence-electron chi connectivity index (χ2n) is 3.19. The normalized spacial score (nSPS) is 10.0. The summed E-state index contributed by atoms with van der Waals surface area (Å²) < 4.78 is 7.17. The van der Waals surface area contributed by atoms with Crippen LogP contribution in [0, 0.1) is 0 Å². The smallest absolute Gasteiger partial charge is 0.150 e. The lowest BCUT2D eigenvalue weighted by molar-refractivity contribution is 0.112. The predicted octanol–water partition coefficient (Wildman–Crippen LogP) is 1.17. The van der Waals surface area contributed by atoms with Crippen molar-refractivity contribution in [3.63, 3.8) is 0 Å². The van der Waals surface area contributed by atoms with E-state index in [1.807, 2.05) is 0 Å². The van der Waals surface area contributed by atoms with Crippen LogP contribution >= 0.6 is 0 Å². The third-order valence-corrected chi connectivity index (χ3v) is 2.07. The third-order valence-electron chi connectivity index (χ3n) is 2.07. The fourth-order valence-electron chi connectivity index (χ4n) is 1.25. The van der Waals surface area contributed by atoms with E-state index in [0.29, 0.717) is 18.7 Å². The van der Waals surface area contributed by atoms with Gasteiger partial charge in [0, 0.05) is 5.56 Å². The monoisotopic (exact) mass is 217 g/mol. The van der Waals surface area contributed by atoms with Gasteiger partial charge in [-0.3, -0.25) is 4.79 Å². The van der Waals surface area contributed by atoms with Gasteiger partial charge in [-0.25, -0.2) is 9.67 Å². The summed E-state index contributed by atoms with van der Waals surface area (Å²) in [5.41, 5.74) is 0.642. The Hall–Kier alpha value is -2.17. The van der Waals surface area contributed by atoms with E-state index in [2.05, 4.69) is 10.1 Å². The molecular weight excluding hydrogens is 206 g/mol. The molecule has 0 radical (unpaired) electrons. The van der Waals surface area contributed by atoms with Gasteiger partial charge in [0.25, 0.3) is 0 Å². The van der Waals surface area contributed by atoms with E-state index in [1.54, 1.807) is 35.3 Å². The topological polar surface area (TPSA) is 57.0 Å². The first-order valence-corrected chi connectivity index (χ1v) is 4.89. The number of nitrogens with zero attached hydrogens (tertiary/aromatic N) is 3. The number of aromatic nitrogens is 3. The summed E-state index contributed by atoms with van der Waals surface area (Å²) in [5.74, 6) is 0.741. The Morgan fingerprint density at radius 1 is 1.31 bits per heavy atom. The number of ether oxygens (including phenoxy) is 1. The van der Waals surface area contributed by atoms with Crippen LogP contribution in [0.3, 0.4) is 0 Å². The number of aldehydes is 1. The van der Waals surface area contributed by atoms with E-state index in [-0.39, 0.29) is 0 Å². The summed E-state index contributed by atoms with van der Waals surface area (Å²) in [7, 11) is 0. The van der Waals surface area contributed by atoms with Gasteiger partial charge in [0.05, 0.1) is 6.54 Å². The Balaban J connectivity index is 1.83. The van der Waals surface area contributed by atoms with Gasteiger partial charge in [0.15, 0.2) is 0 Å². The minimum absolute atomic E-state index is 0.518. The van der Waals surface area contributed by atoms with Gasteiger partial charge >= 0.3 is 0 Å². The predicted molar refractivity (Wildman–Crippen MR) is 57.3 cm³/mol. The molecule has 0 spiro atoms. The first kappa shape index (κ1) is 10.4. The molecule has 0 saturated carbocycles. The molecule has 0 unspecified atom stereocenters. The number of hydrogen-bond donors (Lipinski definition) is 0. The maximum Gasteiger partial charge on any atom is 0.150 e.